The molecule has 0 bridgehead atoms. The molecule has 4 rings (SSSR count). The van der Waals surface area contributed by atoms with Gasteiger partial charge in [0, 0.05) is 24.8 Å². The fraction of sp³-hybridized carbons (Fsp3) is 0.560. The second-order valence-corrected chi connectivity index (χ2v) is 10.3. The van der Waals surface area contributed by atoms with Gasteiger partial charge in [0.25, 0.3) is 5.91 Å². The van der Waals surface area contributed by atoms with Crippen molar-refractivity contribution in [2.45, 2.75) is 70.3 Å². The van der Waals surface area contributed by atoms with E-state index in [2.05, 4.69) is 4.99 Å². The van der Waals surface area contributed by atoms with Crippen molar-refractivity contribution in [3.05, 3.63) is 47.0 Å². The first-order valence-corrected chi connectivity index (χ1v) is 12.1. The van der Waals surface area contributed by atoms with E-state index in [-0.39, 0.29) is 24.1 Å². The Hall–Kier alpha value is -3.28. The monoisotopic (exact) mass is 525 g/mol. The molecule has 2 aromatic rings. The van der Waals surface area contributed by atoms with Gasteiger partial charge in [0.1, 0.15) is 18.1 Å². The van der Waals surface area contributed by atoms with Crippen LogP contribution in [0.4, 0.5) is 18.0 Å². The predicted molar refractivity (Wildman–Crippen MR) is 124 cm³/mol. The molecule has 0 spiro atoms. The number of likely N-dealkylation sites (tertiary alicyclic amines) is 1. The summed E-state index contributed by atoms with van der Waals surface area (Å²) in [6.07, 6.45) is -1.87. The normalized spacial score (nSPS) is 20.7. The molecule has 2 saturated heterocycles. The molecule has 2 amide bonds. The Balaban J connectivity index is 1.68. The number of ether oxygens (including phenoxy) is 2. The van der Waals surface area contributed by atoms with E-state index < -0.39 is 40.8 Å². The van der Waals surface area contributed by atoms with E-state index in [0.717, 1.165) is 25.0 Å². The molecular formula is C25H30F3N3O6. The van der Waals surface area contributed by atoms with Gasteiger partial charge in [0.15, 0.2) is 0 Å². The fourth-order valence-electron chi connectivity index (χ4n) is 4.15. The van der Waals surface area contributed by atoms with Gasteiger partial charge in [0.05, 0.1) is 29.8 Å². The molecule has 1 aromatic heterocycles. The van der Waals surface area contributed by atoms with Crippen LogP contribution in [0.25, 0.3) is 0 Å². The number of carbonyl (C=O) groups excluding carboxylic acids is 1. The maximum absolute atomic E-state index is 13.4. The molecule has 2 atom stereocenters. The van der Waals surface area contributed by atoms with E-state index in [1.807, 2.05) is 20.8 Å². The molecular weight excluding hydrogens is 495 g/mol. The van der Waals surface area contributed by atoms with Crippen LogP contribution in [0.5, 0.6) is 5.75 Å². The average Bonchev–Trinajstić information content (AvgIpc) is 3.42. The van der Waals surface area contributed by atoms with E-state index in [4.69, 9.17) is 13.9 Å². The third kappa shape index (κ3) is 6.17. The fourth-order valence-corrected chi connectivity index (χ4v) is 4.15. The number of carbonyl (C=O) groups is 2. The summed E-state index contributed by atoms with van der Waals surface area (Å²) in [5.74, 6) is -0.538. The Bertz CT molecular complexity index is 1220. The van der Waals surface area contributed by atoms with Crippen LogP contribution >= 0.6 is 0 Å². The largest absolute Gasteiger partial charge is 0.491 e. The van der Waals surface area contributed by atoms with Gasteiger partial charge in [-0.2, -0.15) is 18.2 Å². The molecule has 2 aliphatic rings. The van der Waals surface area contributed by atoms with Crippen LogP contribution in [0.3, 0.4) is 0 Å². The van der Waals surface area contributed by atoms with Crippen LogP contribution in [0.15, 0.2) is 33.8 Å². The van der Waals surface area contributed by atoms with Crippen LogP contribution in [-0.4, -0.2) is 58.5 Å². The number of carboxylic acid groups (broad SMARTS) is 1. The number of oxazole rings is 1. The van der Waals surface area contributed by atoms with Crippen LogP contribution in [0, 0.1) is 0 Å². The van der Waals surface area contributed by atoms with Crippen LogP contribution in [0.2, 0.25) is 0 Å². The molecule has 0 saturated carbocycles. The minimum absolute atomic E-state index is 0.0511. The highest BCUT2D eigenvalue weighted by Crippen LogP contribution is 2.33. The topological polar surface area (TPSA) is 107 Å². The zero-order valence-corrected chi connectivity index (χ0v) is 20.9. The average molecular weight is 526 g/mol. The van der Waals surface area contributed by atoms with Gasteiger partial charge in [-0.15, -0.1) is 0 Å². The molecule has 0 unspecified atom stereocenters. The summed E-state index contributed by atoms with van der Waals surface area (Å²) in [6.45, 7) is 7.02. The summed E-state index contributed by atoms with van der Waals surface area (Å²) in [6, 6.07) is 2.10. The Kier molecular flexibility index (Phi) is 7.40. The smallest absolute Gasteiger partial charge is 0.416 e. The van der Waals surface area contributed by atoms with Gasteiger partial charge in [-0.1, -0.05) is 20.8 Å². The van der Waals surface area contributed by atoms with Gasteiger partial charge in [-0.25, -0.2) is 4.79 Å². The number of halogens is 3. The lowest BCUT2D eigenvalue weighted by atomic mass is 9.94. The van der Waals surface area contributed by atoms with Gasteiger partial charge < -0.3 is 23.9 Å². The third-order valence-electron chi connectivity index (χ3n) is 6.44. The predicted octanol–water partition coefficient (Wildman–Crippen LogP) is 4.45. The highest BCUT2D eigenvalue weighted by molar-refractivity contribution is 5.97. The van der Waals surface area contributed by atoms with Gasteiger partial charge in [-0.3, -0.25) is 9.36 Å². The van der Waals surface area contributed by atoms with Crippen molar-refractivity contribution in [1.29, 1.82) is 0 Å². The van der Waals surface area contributed by atoms with E-state index in [1.165, 1.54) is 4.90 Å². The molecule has 202 valence electrons. The number of alkyl halides is 3. The second kappa shape index (κ2) is 10.2. The molecule has 12 heteroatoms. The Morgan fingerprint density at radius 1 is 1.22 bits per heavy atom. The van der Waals surface area contributed by atoms with Crippen molar-refractivity contribution >= 4 is 12.0 Å². The van der Waals surface area contributed by atoms with Crippen molar-refractivity contribution in [3.8, 4) is 5.75 Å². The maximum Gasteiger partial charge on any atom is 0.416 e. The lowest BCUT2D eigenvalue weighted by Crippen LogP contribution is -2.53. The molecule has 9 nitrogen and oxygen atoms in total. The molecule has 0 radical (unpaired) electrons. The first-order valence-electron chi connectivity index (χ1n) is 12.1. The molecule has 2 fully saturated rings. The van der Waals surface area contributed by atoms with Gasteiger partial charge in [-0.05, 0) is 37.5 Å². The number of benzene rings is 1. The Morgan fingerprint density at radius 3 is 2.54 bits per heavy atom. The minimum atomic E-state index is -4.69. The van der Waals surface area contributed by atoms with Crippen molar-refractivity contribution in [1.82, 2.24) is 9.47 Å². The van der Waals surface area contributed by atoms with E-state index in [0.29, 0.717) is 37.9 Å². The highest BCUT2D eigenvalue weighted by Gasteiger charge is 2.34. The summed E-state index contributed by atoms with van der Waals surface area (Å²) < 4.78 is 59.2. The molecule has 1 aromatic carbocycles. The zero-order chi connectivity index (χ0) is 27.0. The number of nitrogens with zero attached hydrogens (tertiary/aromatic N) is 3. The Labute approximate surface area is 211 Å². The van der Waals surface area contributed by atoms with Crippen molar-refractivity contribution in [2.24, 2.45) is 4.99 Å². The highest BCUT2D eigenvalue weighted by atomic mass is 19.4. The second-order valence-electron chi connectivity index (χ2n) is 10.3. The first-order chi connectivity index (χ1) is 17.3. The van der Waals surface area contributed by atoms with E-state index in [9.17, 15) is 27.9 Å². The van der Waals surface area contributed by atoms with Crippen molar-refractivity contribution in [2.75, 3.05) is 19.8 Å². The van der Waals surface area contributed by atoms with Crippen molar-refractivity contribution < 1.29 is 41.8 Å². The summed E-state index contributed by atoms with van der Waals surface area (Å²) in [4.78, 5) is 29.7. The standard InChI is InChI=1S/C25H30F3N3O6/c1-24(2,3)20-13-30(12-17-5-4-10-35-17)22(37-20)29-21(32)18-11-15(25(26,27)28)6-7-19(18)36-14-16-8-9-31(16)23(33)34/h6-7,11,13,16-17H,4-5,8-10,12,14H2,1-3H3,(H,33,34)/b29-22-/t16-,17+/m0/s1. The number of amides is 2. The van der Waals surface area contributed by atoms with Crippen LogP contribution < -0.4 is 10.4 Å². The summed E-state index contributed by atoms with van der Waals surface area (Å²) >= 11 is 0. The third-order valence-corrected chi connectivity index (χ3v) is 6.44. The summed E-state index contributed by atoms with van der Waals surface area (Å²) in [5.41, 5.74) is -1.88. The number of rotatable bonds is 6. The minimum Gasteiger partial charge on any atom is -0.491 e. The zero-order valence-electron chi connectivity index (χ0n) is 20.9. The maximum atomic E-state index is 13.4. The summed E-state index contributed by atoms with van der Waals surface area (Å²) in [5, 5.41) is 9.18. The molecule has 3 heterocycles. The molecule has 2 aliphatic heterocycles. The number of hydrogen-bond acceptors (Lipinski definition) is 5. The lowest BCUT2D eigenvalue weighted by molar-refractivity contribution is -0.137. The Morgan fingerprint density at radius 2 is 1.97 bits per heavy atom. The summed E-state index contributed by atoms with van der Waals surface area (Å²) in [7, 11) is 0. The van der Waals surface area contributed by atoms with Crippen LogP contribution in [0.1, 0.15) is 61.7 Å². The molecule has 0 aliphatic carbocycles. The lowest BCUT2D eigenvalue weighted by Gasteiger charge is -2.38. The molecule has 37 heavy (non-hydrogen) atoms. The first kappa shape index (κ1) is 26.8. The van der Waals surface area contributed by atoms with E-state index >= 15 is 0 Å². The van der Waals surface area contributed by atoms with Gasteiger partial charge in [0.2, 0.25) is 0 Å². The number of aromatic nitrogens is 1. The SMILES string of the molecule is CC(C)(C)c1cn(C[C@H]2CCCO2)/c(=N/C(=O)c2cc(C(F)(F)F)ccc2OC[C@@H]2CCN2C(=O)O)o1. The van der Waals surface area contributed by atoms with Gasteiger partial charge >= 0.3 is 18.0 Å². The number of hydrogen-bond donors (Lipinski definition) is 1. The quantitative estimate of drug-likeness (QED) is 0.598. The molecule has 1 N–H and O–H groups in total. The van der Waals surface area contributed by atoms with E-state index in [1.54, 1.807) is 10.8 Å². The van der Waals surface area contributed by atoms with Crippen LogP contribution in [-0.2, 0) is 22.9 Å². The van der Waals surface area contributed by atoms with Crippen molar-refractivity contribution in [3.63, 3.8) is 0 Å².